The van der Waals surface area contributed by atoms with Crippen LogP contribution in [0.15, 0.2) is 59.2 Å². The Bertz CT molecular complexity index is 707. The molecule has 0 aliphatic carbocycles. The van der Waals surface area contributed by atoms with Crippen LogP contribution in [0.4, 0.5) is 0 Å². The van der Waals surface area contributed by atoms with Gasteiger partial charge in [0.15, 0.2) is 0 Å². The Kier molecular flexibility index (Phi) is 3.28. The van der Waals surface area contributed by atoms with Crippen LogP contribution >= 0.6 is 23.2 Å². The zero-order valence-corrected chi connectivity index (χ0v) is 11.3. The minimum Gasteiger partial charge on any atom is -0.444 e. The maximum atomic E-state index is 6.15. The Morgan fingerprint density at radius 1 is 0.895 bits per heavy atom. The average molecular weight is 290 g/mol. The molecule has 0 aliphatic rings. The molecule has 0 radical (unpaired) electrons. The second-order valence-corrected chi connectivity index (χ2v) is 4.79. The van der Waals surface area contributed by atoms with Crippen molar-refractivity contribution in [2.45, 2.75) is 0 Å². The molecular weight excluding hydrogens is 281 g/mol. The third kappa shape index (κ3) is 2.37. The number of nitrogens with zero attached hydrogens (tertiary/aromatic N) is 1. The molecule has 0 fully saturated rings. The molecule has 0 saturated heterocycles. The van der Waals surface area contributed by atoms with E-state index in [0.717, 1.165) is 11.3 Å². The van der Waals surface area contributed by atoms with Crippen molar-refractivity contribution in [2.24, 2.45) is 0 Å². The zero-order valence-electron chi connectivity index (χ0n) is 9.81. The lowest BCUT2D eigenvalue weighted by atomic mass is 10.2. The fourth-order valence-electron chi connectivity index (χ4n) is 1.81. The highest BCUT2D eigenvalue weighted by molar-refractivity contribution is 6.43. The average Bonchev–Trinajstić information content (AvgIpc) is 2.92. The third-order valence-corrected chi connectivity index (χ3v) is 3.57. The van der Waals surface area contributed by atoms with Gasteiger partial charge in [-0.1, -0.05) is 59.6 Å². The molecule has 19 heavy (non-hydrogen) atoms. The predicted octanol–water partition coefficient (Wildman–Crippen LogP) is 5.32. The first kappa shape index (κ1) is 12.3. The summed E-state index contributed by atoms with van der Waals surface area (Å²) in [4.78, 5) is 4.44. The first-order chi connectivity index (χ1) is 9.25. The monoisotopic (exact) mass is 289 g/mol. The van der Waals surface area contributed by atoms with Gasteiger partial charge >= 0.3 is 0 Å². The van der Waals surface area contributed by atoms with Crippen LogP contribution in [0.3, 0.4) is 0 Å². The van der Waals surface area contributed by atoms with Gasteiger partial charge in [0.25, 0.3) is 0 Å². The van der Waals surface area contributed by atoms with Crippen LogP contribution in [-0.2, 0) is 0 Å². The molecule has 4 heteroatoms. The minimum atomic E-state index is 0.450. The molecule has 0 spiro atoms. The number of hydrogen-bond donors (Lipinski definition) is 0. The molecule has 1 heterocycles. The van der Waals surface area contributed by atoms with Gasteiger partial charge in [0.1, 0.15) is 12.0 Å². The first-order valence-corrected chi connectivity index (χ1v) is 6.46. The predicted molar refractivity (Wildman–Crippen MR) is 77.4 cm³/mol. The number of halogens is 2. The van der Waals surface area contributed by atoms with E-state index in [1.165, 1.54) is 0 Å². The van der Waals surface area contributed by atoms with Crippen LogP contribution in [0.25, 0.3) is 22.7 Å². The van der Waals surface area contributed by atoms with E-state index in [2.05, 4.69) is 4.98 Å². The SMILES string of the molecule is Clc1cccc(-c2nc(-c3ccccc3)co2)c1Cl. The first-order valence-electron chi connectivity index (χ1n) is 5.71. The molecule has 2 nitrogen and oxygen atoms in total. The molecule has 94 valence electrons. The van der Waals surface area contributed by atoms with Gasteiger partial charge in [-0.05, 0) is 12.1 Å². The molecule has 2 aromatic carbocycles. The van der Waals surface area contributed by atoms with E-state index in [1.54, 1.807) is 12.3 Å². The van der Waals surface area contributed by atoms with Gasteiger partial charge in [-0.25, -0.2) is 4.98 Å². The summed E-state index contributed by atoms with van der Waals surface area (Å²) >= 11 is 12.1. The van der Waals surface area contributed by atoms with E-state index in [4.69, 9.17) is 27.6 Å². The van der Waals surface area contributed by atoms with E-state index in [9.17, 15) is 0 Å². The molecule has 0 N–H and O–H groups in total. The van der Waals surface area contributed by atoms with Gasteiger partial charge in [-0.3, -0.25) is 0 Å². The molecule has 0 saturated carbocycles. The number of oxazole rings is 1. The lowest BCUT2D eigenvalue weighted by Crippen LogP contribution is -1.81. The molecule has 0 amide bonds. The quantitative estimate of drug-likeness (QED) is 0.638. The molecule has 0 aliphatic heterocycles. The Hall–Kier alpha value is -1.77. The largest absolute Gasteiger partial charge is 0.444 e. The molecule has 3 aromatic rings. The summed E-state index contributed by atoms with van der Waals surface area (Å²) < 4.78 is 5.49. The molecule has 0 unspecified atom stereocenters. The van der Waals surface area contributed by atoms with Crippen molar-refractivity contribution >= 4 is 23.2 Å². The van der Waals surface area contributed by atoms with Gasteiger partial charge in [0.2, 0.25) is 5.89 Å². The topological polar surface area (TPSA) is 26.0 Å². The van der Waals surface area contributed by atoms with Crippen molar-refractivity contribution in [3.8, 4) is 22.7 Å². The fourth-order valence-corrected chi connectivity index (χ4v) is 2.19. The molecule has 0 atom stereocenters. The lowest BCUT2D eigenvalue weighted by Gasteiger charge is -2.00. The summed E-state index contributed by atoms with van der Waals surface area (Å²) in [6, 6.07) is 15.2. The summed E-state index contributed by atoms with van der Waals surface area (Å²) in [6.07, 6.45) is 1.61. The van der Waals surface area contributed by atoms with Crippen LogP contribution in [0.2, 0.25) is 10.0 Å². The highest BCUT2D eigenvalue weighted by Crippen LogP contribution is 2.34. The lowest BCUT2D eigenvalue weighted by molar-refractivity contribution is 0.575. The van der Waals surface area contributed by atoms with Gasteiger partial charge < -0.3 is 4.42 Å². The van der Waals surface area contributed by atoms with Crippen molar-refractivity contribution in [1.82, 2.24) is 4.98 Å². The number of rotatable bonds is 2. The summed E-state index contributed by atoms with van der Waals surface area (Å²) in [5.74, 6) is 0.464. The summed E-state index contributed by atoms with van der Waals surface area (Å²) in [6.45, 7) is 0. The van der Waals surface area contributed by atoms with Crippen molar-refractivity contribution in [3.63, 3.8) is 0 Å². The van der Waals surface area contributed by atoms with Crippen LogP contribution in [0, 0.1) is 0 Å². The van der Waals surface area contributed by atoms with E-state index in [-0.39, 0.29) is 0 Å². The second-order valence-electron chi connectivity index (χ2n) is 4.01. The van der Waals surface area contributed by atoms with Gasteiger partial charge in [-0.15, -0.1) is 0 Å². The van der Waals surface area contributed by atoms with Gasteiger partial charge in [-0.2, -0.15) is 0 Å². The van der Waals surface area contributed by atoms with Gasteiger partial charge in [0.05, 0.1) is 15.6 Å². The van der Waals surface area contributed by atoms with Crippen LogP contribution in [0.1, 0.15) is 0 Å². The van der Waals surface area contributed by atoms with E-state index < -0.39 is 0 Å². The highest BCUT2D eigenvalue weighted by Gasteiger charge is 2.13. The summed E-state index contributed by atoms with van der Waals surface area (Å²) in [7, 11) is 0. The van der Waals surface area contributed by atoms with Crippen LogP contribution in [-0.4, -0.2) is 4.98 Å². The van der Waals surface area contributed by atoms with Crippen LogP contribution < -0.4 is 0 Å². The smallest absolute Gasteiger partial charge is 0.228 e. The van der Waals surface area contributed by atoms with E-state index in [1.807, 2.05) is 42.5 Å². The molecule has 3 rings (SSSR count). The van der Waals surface area contributed by atoms with Crippen molar-refractivity contribution in [3.05, 3.63) is 64.8 Å². The third-order valence-electron chi connectivity index (χ3n) is 2.76. The maximum absolute atomic E-state index is 6.15. The Morgan fingerprint density at radius 3 is 2.47 bits per heavy atom. The second kappa shape index (κ2) is 5.08. The zero-order chi connectivity index (χ0) is 13.2. The fraction of sp³-hybridized carbons (Fsp3) is 0. The number of hydrogen-bond acceptors (Lipinski definition) is 2. The summed E-state index contributed by atoms with van der Waals surface area (Å²) in [5.41, 5.74) is 2.46. The Balaban J connectivity index is 2.05. The van der Waals surface area contributed by atoms with Crippen molar-refractivity contribution in [2.75, 3.05) is 0 Å². The highest BCUT2D eigenvalue weighted by atomic mass is 35.5. The molecule has 0 bridgehead atoms. The van der Waals surface area contributed by atoms with Crippen LogP contribution in [0.5, 0.6) is 0 Å². The Morgan fingerprint density at radius 2 is 1.68 bits per heavy atom. The van der Waals surface area contributed by atoms with Crippen molar-refractivity contribution in [1.29, 1.82) is 0 Å². The maximum Gasteiger partial charge on any atom is 0.228 e. The number of aromatic nitrogens is 1. The van der Waals surface area contributed by atoms with Crippen molar-refractivity contribution < 1.29 is 4.42 Å². The Labute approximate surface area is 120 Å². The normalized spacial score (nSPS) is 10.6. The van der Waals surface area contributed by atoms with E-state index in [0.29, 0.717) is 21.5 Å². The number of benzene rings is 2. The minimum absolute atomic E-state index is 0.450. The standard InChI is InChI=1S/C15H9Cl2NO/c16-12-8-4-7-11(14(12)17)15-18-13(9-19-15)10-5-2-1-3-6-10/h1-9H. The van der Waals surface area contributed by atoms with E-state index >= 15 is 0 Å². The summed E-state index contributed by atoms with van der Waals surface area (Å²) in [5, 5.41) is 0.934. The molecule has 1 aromatic heterocycles. The van der Waals surface area contributed by atoms with Gasteiger partial charge in [0, 0.05) is 5.56 Å². The molecular formula is C15H9Cl2NO.